The SMILES string of the molecule is COC(=O)c1ccc(NC(=O)N2CCN(c3ccccc3Cl)CC2)cc1. The van der Waals surface area contributed by atoms with Gasteiger partial charge in [0.2, 0.25) is 0 Å². The van der Waals surface area contributed by atoms with Gasteiger partial charge in [0.05, 0.1) is 23.4 Å². The van der Waals surface area contributed by atoms with E-state index >= 15 is 0 Å². The Labute approximate surface area is 157 Å². The Balaban J connectivity index is 1.55. The van der Waals surface area contributed by atoms with Gasteiger partial charge in [-0.25, -0.2) is 9.59 Å². The second-order valence-corrected chi connectivity index (χ2v) is 6.33. The highest BCUT2D eigenvalue weighted by molar-refractivity contribution is 6.33. The van der Waals surface area contributed by atoms with Crippen LogP contribution < -0.4 is 10.2 Å². The molecule has 0 spiro atoms. The third kappa shape index (κ3) is 4.08. The van der Waals surface area contributed by atoms with Gasteiger partial charge in [0, 0.05) is 31.9 Å². The molecule has 1 saturated heterocycles. The number of piperazine rings is 1. The summed E-state index contributed by atoms with van der Waals surface area (Å²) in [7, 11) is 1.33. The Morgan fingerprint density at radius 2 is 1.65 bits per heavy atom. The molecule has 0 atom stereocenters. The number of nitrogens with zero attached hydrogens (tertiary/aromatic N) is 2. The molecule has 2 amide bonds. The summed E-state index contributed by atoms with van der Waals surface area (Å²) in [6.07, 6.45) is 0. The van der Waals surface area contributed by atoms with E-state index < -0.39 is 5.97 Å². The Morgan fingerprint density at radius 3 is 2.27 bits per heavy atom. The number of hydrogen-bond acceptors (Lipinski definition) is 4. The lowest BCUT2D eigenvalue weighted by atomic mass is 10.2. The molecule has 1 fully saturated rings. The number of methoxy groups -OCH3 is 1. The third-order valence-corrected chi connectivity index (χ3v) is 4.64. The van der Waals surface area contributed by atoms with Gasteiger partial charge in [-0.15, -0.1) is 0 Å². The van der Waals surface area contributed by atoms with Crippen LogP contribution in [0.25, 0.3) is 0 Å². The molecular weight excluding hydrogens is 354 g/mol. The normalized spacial score (nSPS) is 14.1. The monoisotopic (exact) mass is 373 g/mol. The van der Waals surface area contributed by atoms with Gasteiger partial charge in [-0.05, 0) is 36.4 Å². The van der Waals surface area contributed by atoms with Gasteiger partial charge in [-0.2, -0.15) is 0 Å². The van der Waals surface area contributed by atoms with E-state index in [-0.39, 0.29) is 6.03 Å². The van der Waals surface area contributed by atoms with Crippen molar-refractivity contribution in [3.05, 3.63) is 59.1 Å². The Hall–Kier alpha value is -2.73. The average Bonchev–Trinajstić information content (AvgIpc) is 2.68. The van der Waals surface area contributed by atoms with Crippen LogP contribution in [-0.2, 0) is 4.74 Å². The first-order valence-electron chi connectivity index (χ1n) is 8.32. The van der Waals surface area contributed by atoms with E-state index in [1.807, 2.05) is 24.3 Å². The second-order valence-electron chi connectivity index (χ2n) is 5.92. The van der Waals surface area contributed by atoms with Gasteiger partial charge in [-0.3, -0.25) is 0 Å². The average molecular weight is 374 g/mol. The maximum atomic E-state index is 12.4. The van der Waals surface area contributed by atoms with Crippen molar-refractivity contribution < 1.29 is 14.3 Å². The van der Waals surface area contributed by atoms with E-state index in [2.05, 4.69) is 15.0 Å². The van der Waals surface area contributed by atoms with Crippen molar-refractivity contribution in [3.8, 4) is 0 Å². The number of esters is 1. The van der Waals surface area contributed by atoms with E-state index in [1.165, 1.54) is 7.11 Å². The maximum absolute atomic E-state index is 12.4. The molecule has 26 heavy (non-hydrogen) atoms. The zero-order valence-corrected chi connectivity index (χ0v) is 15.2. The molecular formula is C19H20ClN3O3. The lowest BCUT2D eigenvalue weighted by molar-refractivity contribution is 0.0601. The van der Waals surface area contributed by atoms with E-state index in [9.17, 15) is 9.59 Å². The van der Waals surface area contributed by atoms with Crippen molar-refractivity contribution in [2.24, 2.45) is 0 Å². The largest absolute Gasteiger partial charge is 0.465 e. The molecule has 0 bridgehead atoms. The number of para-hydroxylation sites is 1. The number of halogens is 1. The molecule has 6 nitrogen and oxygen atoms in total. The molecule has 1 aliphatic heterocycles. The molecule has 7 heteroatoms. The number of carbonyl (C=O) groups excluding carboxylic acids is 2. The number of ether oxygens (including phenoxy) is 1. The summed E-state index contributed by atoms with van der Waals surface area (Å²) < 4.78 is 4.66. The van der Waals surface area contributed by atoms with Gasteiger partial charge in [0.15, 0.2) is 0 Å². The molecule has 0 saturated carbocycles. The highest BCUT2D eigenvalue weighted by Gasteiger charge is 2.22. The quantitative estimate of drug-likeness (QED) is 0.837. The van der Waals surface area contributed by atoms with Crippen molar-refractivity contribution >= 4 is 35.0 Å². The minimum Gasteiger partial charge on any atom is -0.465 e. The van der Waals surface area contributed by atoms with Crippen LogP contribution in [0, 0.1) is 0 Å². The smallest absolute Gasteiger partial charge is 0.337 e. The fraction of sp³-hybridized carbons (Fsp3) is 0.263. The van der Waals surface area contributed by atoms with Crippen molar-refractivity contribution in [2.45, 2.75) is 0 Å². The summed E-state index contributed by atoms with van der Waals surface area (Å²) in [4.78, 5) is 27.8. The van der Waals surface area contributed by atoms with Gasteiger partial charge in [0.25, 0.3) is 0 Å². The molecule has 1 heterocycles. The molecule has 2 aromatic carbocycles. The lowest BCUT2D eigenvalue weighted by Crippen LogP contribution is -2.50. The van der Waals surface area contributed by atoms with E-state index in [1.54, 1.807) is 29.2 Å². The standard InChI is InChI=1S/C19H20ClN3O3/c1-26-18(24)14-6-8-15(9-7-14)21-19(25)23-12-10-22(11-13-23)17-5-3-2-4-16(17)20/h2-9H,10-13H2,1H3,(H,21,25). The Bertz CT molecular complexity index is 787. The lowest BCUT2D eigenvalue weighted by Gasteiger charge is -2.36. The molecule has 0 unspecified atom stereocenters. The Morgan fingerprint density at radius 1 is 1.00 bits per heavy atom. The van der Waals surface area contributed by atoms with Crippen LogP contribution in [0.5, 0.6) is 0 Å². The number of anilines is 2. The topological polar surface area (TPSA) is 61.9 Å². The van der Waals surface area contributed by atoms with Crippen LogP contribution in [0.1, 0.15) is 10.4 Å². The number of carbonyl (C=O) groups is 2. The van der Waals surface area contributed by atoms with Crippen LogP contribution in [0.15, 0.2) is 48.5 Å². The minimum absolute atomic E-state index is 0.158. The summed E-state index contributed by atoms with van der Waals surface area (Å²) in [6.45, 7) is 2.66. The molecule has 3 rings (SSSR count). The molecule has 0 aromatic heterocycles. The highest BCUT2D eigenvalue weighted by Crippen LogP contribution is 2.26. The predicted molar refractivity (Wildman–Crippen MR) is 102 cm³/mol. The molecule has 1 aliphatic rings. The zero-order valence-electron chi connectivity index (χ0n) is 14.4. The number of amides is 2. The zero-order chi connectivity index (χ0) is 18.5. The number of benzene rings is 2. The maximum Gasteiger partial charge on any atom is 0.337 e. The Kier molecular flexibility index (Phi) is 5.63. The molecule has 1 N–H and O–H groups in total. The van der Waals surface area contributed by atoms with E-state index in [0.717, 1.165) is 23.8 Å². The van der Waals surface area contributed by atoms with Gasteiger partial charge in [0.1, 0.15) is 0 Å². The van der Waals surface area contributed by atoms with Crippen LogP contribution >= 0.6 is 11.6 Å². The van der Waals surface area contributed by atoms with Crippen LogP contribution in [-0.4, -0.2) is 50.2 Å². The third-order valence-electron chi connectivity index (χ3n) is 4.32. The molecule has 136 valence electrons. The van der Waals surface area contributed by atoms with Crippen LogP contribution in [0.4, 0.5) is 16.2 Å². The molecule has 2 aromatic rings. The molecule has 0 radical (unpaired) electrons. The van der Waals surface area contributed by atoms with Crippen LogP contribution in [0.2, 0.25) is 5.02 Å². The van der Waals surface area contributed by atoms with E-state index in [4.69, 9.17) is 11.6 Å². The fourth-order valence-electron chi connectivity index (χ4n) is 2.87. The van der Waals surface area contributed by atoms with Crippen molar-refractivity contribution in [1.82, 2.24) is 4.90 Å². The van der Waals surface area contributed by atoms with Gasteiger partial charge in [-0.1, -0.05) is 23.7 Å². The van der Waals surface area contributed by atoms with Crippen LogP contribution in [0.3, 0.4) is 0 Å². The first-order chi connectivity index (χ1) is 12.6. The summed E-state index contributed by atoms with van der Waals surface area (Å²) in [5.41, 5.74) is 2.07. The first-order valence-corrected chi connectivity index (χ1v) is 8.70. The fourth-order valence-corrected chi connectivity index (χ4v) is 3.12. The number of hydrogen-bond donors (Lipinski definition) is 1. The number of nitrogens with one attached hydrogen (secondary N) is 1. The number of urea groups is 1. The predicted octanol–water partition coefficient (Wildman–Crippen LogP) is 3.48. The van der Waals surface area contributed by atoms with Crippen molar-refractivity contribution in [3.63, 3.8) is 0 Å². The van der Waals surface area contributed by atoms with Crippen molar-refractivity contribution in [1.29, 1.82) is 0 Å². The highest BCUT2D eigenvalue weighted by atomic mass is 35.5. The summed E-state index contributed by atoms with van der Waals surface area (Å²) in [5.74, 6) is -0.404. The van der Waals surface area contributed by atoms with Gasteiger partial charge < -0.3 is 19.9 Å². The first kappa shape index (κ1) is 18.1. The summed E-state index contributed by atoms with van der Waals surface area (Å²) in [5, 5.41) is 3.57. The minimum atomic E-state index is -0.404. The second kappa shape index (κ2) is 8.10. The molecule has 0 aliphatic carbocycles. The summed E-state index contributed by atoms with van der Waals surface area (Å²) >= 11 is 6.24. The summed E-state index contributed by atoms with van der Waals surface area (Å²) in [6, 6.07) is 14.2. The van der Waals surface area contributed by atoms with Crippen molar-refractivity contribution in [2.75, 3.05) is 43.5 Å². The number of rotatable bonds is 3. The van der Waals surface area contributed by atoms with E-state index in [0.29, 0.717) is 24.3 Å². The van der Waals surface area contributed by atoms with Gasteiger partial charge >= 0.3 is 12.0 Å².